The fraction of sp³-hybridized carbons (Fsp3) is 0.0938. The largest absolute Gasteiger partial charge is 0.416 e. The smallest absolute Gasteiger partial charge is 0.340 e. The van der Waals surface area contributed by atoms with E-state index in [2.05, 4.69) is 14.7 Å². The number of alkyl halides is 3. The Bertz CT molecular complexity index is 2080. The molecule has 42 heavy (non-hydrogen) atoms. The predicted octanol–water partition coefficient (Wildman–Crippen LogP) is 8.58. The van der Waals surface area contributed by atoms with Gasteiger partial charge in [0.2, 0.25) is 0 Å². The minimum absolute atomic E-state index is 0.00427. The molecule has 2 heterocycles. The number of nitrogens with zero attached hydrogens (tertiary/aromatic N) is 4. The Balaban J connectivity index is 1.53. The van der Waals surface area contributed by atoms with Gasteiger partial charge in [-0.25, -0.2) is 4.98 Å². The van der Waals surface area contributed by atoms with Crippen molar-refractivity contribution in [3.63, 3.8) is 0 Å². The number of aromatic nitrogens is 3. The second-order valence-corrected chi connectivity index (χ2v) is 10.6. The molecule has 0 amide bonds. The maximum absolute atomic E-state index is 13.6. The van der Waals surface area contributed by atoms with Gasteiger partial charge in [-0.05, 0) is 55.0 Å². The first-order chi connectivity index (χ1) is 20.1. The van der Waals surface area contributed by atoms with Crippen molar-refractivity contribution in [1.29, 1.82) is 0 Å². The summed E-state index contributed by atoms with van der Waals surface area (Å²) in [5.41, 5.74) is 2.51. The van der Waals surface area contributed by atoms with Gasteiger partial charge in [0.15, 0.2) is 5.82 Å². The molecule has 210 valence electrons. The van der Waals surface area contributed by atoms with E-state index >= 15 is 0 Å². The van der Waals surface area contributed by atoms with Crippen LogP contribution in [-0.2, 0) is 12.7 Å². The lowest BCUT2D eigenvalue weighted by atomic mass is 10.1. The Morgan fingerprint density at radius 3 is 2.40 bits per heavy atom. The molecule has 0 radical (unpaired) electrons. The topological polar surface area (TPSA) is 52.2 Å². The summed E-state index contributed by atoms with van der Waals surface area (Å²) in [4.78, 5) is 18.2. The molecule has 0 saturated carbocycles. The van der Waals surface area contributed by atoms with Crippen LogP contribution >= 0.6 is 23.2 Å². The Kier molecular flexibility index (Phi) is 7.12. The van der Waals surface area contributed by atoms with Gasteiger partial charge in [0.25, 0.3) is 5.56 Å². The molecule has 0 saturated heterocycles. The van der Waals surface area contributed by atoms with Crippen LogP contribution in [0.1, 0.15) is 22.4 Å². The van der Waals surface area contributed by atoms with Crippen LogP contribution in [-0.4, -0.2) is 20.4 Å². The van der Waals surface area contributed by atoms with Gasteiger partial charge in [0, 0.05) is 44.3 Å². The lowest BCUT2D eigenvalue weighted by Crippen LogP contribution is -2.20. The Hall–Kier alpha value is -4.40. The van der Waals surface area contributed by atoms with E-state index in [1.807, 2.05) is 37.3 Å². The highest BCUT2D eigenvalue weighted by atomic mass is 35.5. The predicted molar refractivity (Wildman–Crippen MR) is 162 cm³/mol. The molecule has 0 bridgehead atoms. The maximum atomic E-state index is 13.6. The lowest BCUT2D eigenvalue weighted by Gasteiger charge is -2.12. The molecule has 5 nitrogen and oxygen atoms in total. The second-order valence-electron chi connectivity index (χ2n) is 9.73. The standard InChI is InChI=1S/C32H21Cl2F3N4O/c1-19-26(24-9-3-5-12-29(24)40(19)18-21-13-14-23(33)16-27(21)34)17-38-41-30(20-7-6-8-22(15-20)32(35,36)37)39-28-11-4-2-10-25(28)31(41)42/h2-17H,18H2,1H3. The Morgan fingerprint density at radius 2 is 1.64 bits per heavy atom. The van der Waals surface area contributed by atoms with Crippen molar-refractivity contribution in [2.24, 2.45) is 5.10 Å². The molecule has 4 aromatic carbocycles. The molecule has 0 aliphatic carbocycles. The number of benzene rings is 4. The minimum Gasteiger partial charge on any atom is -0.340 e. The zero-order valence-corrected chi connectivity index (χ0v) is 23.5. The molecule has 0 N–H and O–H groups in total. The average molecular weight is 605 g/mol. The van der Waals surface area contributed by atoms with Crippen molar-refractivity contribution in [2.75, 3.05) is 0 Å². The molecule has 0 spiro atoms. The van der Waals surface area contributed by atoms with Gasteiger partial charge in [-0.15, -0.1) is 0 Å². The second kappa shape index (κ2) is 10.8. The Labute approximate surface area is 248 Å². The molecule has 6 aromatic rings. The zero-order valence-electron chi connectivity index (χ0n) is 22.0. The van der Waals surface area contributed by atoms with E-state index in [0.29, 0.717) is 27.5 Å². The van der Waals surface area contributed by atoms with E-state index in [4.69, 9.17) is 23.2 Å². The monoisotopic (exact) mass is 604 g/mol. The van der Waals surface area contributed by atoms with E-state index in [9.17, 15) is 18.0 Å². The van der Waals surface area contributed by atoms with Crippen LogP contribution in [0.25, 0.3) is 33.2 Å². The molecule has 0 aliphatic rings. The molecule has 6 rings (SSSR count). The van der Waals surface area contributed by atoms with Gasteiger partial charge in [-0.2, -0.15) is 22.9 Å². The summed E-state index contributed by atoms with van der Waals surface area (Å²) >= 11 is 12.6. The van der Waals surface area contributed by atoms with E-state index in [1.54, 1.807) is 42.6 Å². The molecule has 0 unspecified atom stereocenters. The number of halogens is 5. The first-order valence-electron chi connectivity index (χ1n) is 12.9. The SMILES string of the molecule is Cc1c(C=Nn2c(-c3cccc(C(F)(F)F)c3)nc3ccccc3c2=O)c2ccccc2n1Cc1ccc(Cl)cc1Cl. The average Bonchev–Trinajstić information content (AvgIpc) is 3.23. The van der Waals surface area contributed by atoms with Crippen molar-refractivity contribution in [3.05, 3.63) is 134 Å². The van der Waals surface area contributed by atoms with Crippen molar-refractivity contribution in [1.82, 2.24) is 14.2 Å². The summed E-state index contributed by atoms with van der Waals surface area (Å²) in [6.07, 6.45) is -3.01. The van der Waals surface area contributed by atoms with Crippen molar-refractivity contribution in [2.45, 2.75) is 19.6 Å². The van der Waals surface area contributed by atoms with E-state index in [1.165, 1.54) is 12.1 Å². The highest BCUT2D eigenvalue weighted by Crippen LogP contribution is 2.32. The molecule has 0 fully saturated rings. The third kappa shape index (κ3) is 5.08. The van der Waals surface area contributed by atoms with Gasteiger partial charge in [-0.3, -0.25) is 4.79 Å². The van der Waals surface area contributed by atoms with Gasteiger partial charge in [0.1, 0.15) is 0 Å². The number of hydrogen-bond donors (Lipinski definition) is 0. The molecule has 0 atom stereocenters. The summed E-state index contributed by atoms with van der Waals surface area (Å²) in [5.74, 6) is -0.00427. The third-order valence-electron chi connectivity index (χ3n) is 7.13. The van der Waals surface area contributed by atoms with Gasteiger partial charge < -0.3 is 4.57 Å². The van der Waals surface area contributed by atoms with E-state index in [-0.39, 0.29) is 11.4 Å². The van der Waals surface area contributed by atoms with Crippen LogP contribution < -0.4 is 5.56 Å². The van der Waals surface area contributed by atoms with Gasteiger partial charge >= 0.3 is 6.18 Å². The van der Waals surface area contributed by atoms with Crippen molar-refractivity contribution < 1.29 is 13.2 Å². The number of rotatable bonds is 5. The number of para-hydroxylation sites is 2. The van der Waals surface area contributed by atoms with Crippen LogP contribution in [0.3, 0.4) is 0 Å². The number of hydrogen-bond acceptors (Lipinski definition) is 3. The third-order valence-corrected chi connectivity index (χ3v) is 7.71. The maximum Gasteiger partial charge on any atom is 0.416 e. The summed E-state index contributed by atoms with van der Waals surface area (Å²) in [7, 11) is 0. The van der Waals surface area contributed by atoms with Crippen molar-refractivity contribution >= 4 is 51.2 Å². The zero-order chi connectivity index (χ0) is 29.6. The lowest BCUT2D eigenvalue weighted by molar-refractivity contribution is -0.137. The fourth-order valence-corrected chi connectivity index (χ4v) is 5.48. The summed E-state index contributed by atoms with van der Waals surface area (Å²) in [6.45, 7) is 2.39. The molecule has 0 aliphatic heterocycles. The van der Waals surface area contributed by atoms with E-state index < -0.39 is 17.3 Å². The Morgan fingerprint density at radius 1 is 0.905 bits per heavy atom. The fourth-order valence-electron chi connectivity index (χ4n) is 5.01. The minimum atomic E-state index is -4.56. The first kappa shape index (κ1) is 27.8. The van der Waals surface area contributed by atoms with E-state index in [0.717, 1.165) is 44.5 Å². The normalized spacial score (nSPS) is 12.1. The van der Waals surface area contributed by atoms with Gasteiger partial charge in [-0.1, -0.05) is 71.7 Å². The molecule has 2 aromatic heterocycles. The van der Waals surface area contributed by atoms with Crippen LogP contribution in [0, 0.1) is 6.92 Å². The molecule has 10 heteroatoms. The van der Waals surface area contributed by atoms with Gasteiger partial charge in [0.05, 0.1) is 22.7 Å². The molecular weight excluding hydrogens is 584 g/mol. The van der Waals surface area contributed by atoms with Crippen molar-refractivity contribution in [3.8, 4) is 11.4 Å². The summed E-state index contributed by atoms with van der Waals surface area (Å²) < 4.78 is 43.8. The first-order valence-corrected chi connectivity index (χ1v) is 13.6. The van der Waals surface area contributed by atoms with Crippen LogP contribution in [0.4, 0.5) is 13.2 Å². The molecular formula is C32H21Cl2F3N4O. The van der Waals surface area contributed by atoms with Crippen LogP contribution in [0.5, 0.6) is 0 Å². The summed E-state index contributed by atoms with van der Waals surface area (Å²) in [5, 5.41) is 6.78. The van der Waals surface area contributed by atoms with Crippen LogP contribution in [0.2, 0.25) is 10.0 Å². The number of fused-ring (bicyclic) bond motifs is 2. The highest BCUT2D eigenvalue weighted by Gasteiger charge is 2.31. The highest BCUT2D eigenvalue weighted by molar-refractivity contribution is 6.35. The summed E-state index contributed by atoms with van der Waals surface area (Å²) in [6, 6.07) is 24.4. The van der Waals surface area contributed by atoms with Crippen LogP contribution in [0.15, 0.2) is 101 Å². The quantitative estimate of drug-likeness (QED) is 0.185.